The third-order valence-corrected chi connectivity index (χ3v) is 5.03. The van der Waals surface area contributed by atoms with Crippen LogP contribution in [-0.2, 0) is 21.4 Å². The van der Waals surface area contributed by atoms with Gasteiger partial charge in [-0.05, 0) is 29.2 Å². The fraction of sp³-hybridized carbons (Fsp3) is 0.478. The molecule has 0 spiro atoms. The normalized spacial score (nSPS) is 11.7. The number of aromatic nitrogens is 4. The van der Waals surface area contributed by atoms with Crippen LogP contribution < -0.4 is 19.9 Å². The molecule has 1 aromatic carbocycles. The third kappa shape index (κ3) is 6.17. The second-order valence-corrected chi connectivity index (χ2v) is 8.53. The maximum Gasteiger partial charge on any atom is 0.401 e. The Morgan fingerprint density at radius 2 is 1.85 bits per heavy atom. The average molecular weight is 459 g/mol. The van der Waals surface area contributed by atoms with Crippen LogP contribution in [-0.4, -0.2) is 61.1 Å². The second-order valence-electron chi connectivity index (χ2n) is 8.53. The van der Waals surface area contributed by atoms with Gasteiger partial charge in [0.25, 0.3) is 5.65 Å². The molecule has 2 heterocycles. The topological polar surface area (TPSA) is 114 Å². The van der Waals surface area contributed by atoms with Crippen molar-refractivity contribution in [2.24, 2.45) is 0 Å². The first kappa shape index (κ1) is 24.4. The summed E-state index contributed by atoms with van der Waals surface area (Å²) in [5.41, 5.74) is 8.15. The lowest BCUT2D eigenvalue weighted by Gasteiger charge is -2.20. The van der Waals surface area contributed by atoms with Gasteiger partial charge in [0.1, 0.15) is 12.4 Å². The number of carbonyl (C=O) groups is 1. The van der Waals surface area contributed by atoms with Gasteiger partial charge in [-0.25, -0.2) is 0 Å². The maximum atomic E-state index is 13.1. The Balaban J connectivity index is 1.74. The Kier molecular flexibility index (Phi) is 7.83. The van der Waals surface area contributed by atoms with E-state index in [1.165, 1.54) is 9.20 Å². The van der Waals surface area contributed by atoms with Crippen LogP contribution in [0.2, 0.25) is 0 Å². The van der Waals surface area contributed by atoms with Crippen molar-refractivity contribution in [3.05, 3.63) is 41.5 Å². The molecule has 0 atom stereocenters. The summed E-state index contributed by atoms with van der Waals surface area (Å²) in [6.07, 6.45) is 0. The third-order valence-electron chi connectivity index (χ3n) is 5.03. The van der Waals surface area contributed by atoms with Gasteiger partial charge in [-0.1, -0.05) is 35.5 Å². The molecule has 3 aromatic rings. The number of ether oxygens (including phenoxy) is 4. The molecule has 0 aliphatic carbocycles. The Hall–Kier alpha value is -3.24. The van der Waals surface area contributed by atoms with E-state index in [9.17, 15) is 4.79 Å². The Bertz CT molecular complexity index is 1110. The lowest BCUT2D eigenvalue weighted by Crippen LogP contribution is -2.42. The molecule has 10 nitrogen and oxygen atoms in total. The molecule has 0 aliphatic rings. The summed E-state index contributed by atoms with van der Waals surface area (Å²) in [7, 11) is 3.20. The standard InChI is InChI=1S/C23H31N5O5/c1-23(2,3)17-12-16(13-18(14-17)31-5)19(29)15-27-22(24)28-20(25-27)6-7-21(26-28)33-11-10-32-9-8-30-4/h6-7,12-14,24H,8-11,15H2,1-5H3/p+1. The van der Waals surface area contributed by atoms with Crippen LogP contribution in [0.15, 0.2) is 30.3 Å². The molecule has 0 radical (unpaired) electrons. The number of benzene rings is 1. The largest absolute Gasteiger partial charge is 0.497 e. The van der Waals surface area contributed by atoms with Crippen molar-refractivity contribution in [1.82, 2.24) is 14.7 Å². The number of nitrogens with two attached hydrogens (primary N) is 1. The first-order chi connectivity index (χ1) is 15.7. The predicted molar refractivity (Wildman–Crippen MR) is 122 cm³/mol. The van der Waals surface area contributed by atoms with Gasteiger partial charge in [0.15, 0.2) is 12.3 Å². The van der Waals surface area contributed by atoms with Crippen LogP contribution in [0.4, 0.5) is 5.95 Å². The van der Waals surface area contributed by atoms with Gasteiger partial charge in [0, 0.05) is 24.8 Å². The molecule has 0 bridgehead atoms. The van der Waals surface area contributed by atoms with Crippen molar-refractivity contribution in [2.75, 3.05) is 46.4 Å². The molecule has 3 rings (SSSR count). The summed E-state index contributed by atoms with van der Waals surface area (Å²) in [6.45, 7) is 8.00. The van der Waals surface area contributed by atoms with Crippen molar-refractivity contribution in [1.29, 1.82) is 0 Å². The summed E-state index contributed by atoms with van der Waals surface area (Å²) >= 11 is 0. The lowest BCUT2D eigenvalue weighted by molar-refractivity contribution is -0.723. The number of hydrogen-bond acceptors (Lipinski definition) is 8. The van der Waals surface area contributed by atoms with Crippen LogP contribution in [0.1, 0.15) is 36.7 Å². The molecule has 0 saturated heterocycles. The summed E-state index contributed by atoms with van der Waals surface area (Å²) in [6, 6.07) is 8.98. The molecule has 0 aliphatic heterocycles. The Morgan fingerprint density at radius 1 is 1.09 bits per heavy atom. The van der Waals surface area contributed by atoms with E-state index >= 15 is 0 Å². The molecule has 33 heavy (non-hydrogen) atoms. The lowest BCUT2D eigenvalue weighted by atomic mass is 9.85. The molecule has 2 aromatic heterocycles. The van der Waals surface area contributed by atoms with E-state index in [2.05, 4.69) is 31.0 Å². The van der Waals surface area contributed by atoms with Crippen molar-refractivity contribution in [3.8, 4) is 11.6 Å². The highest BCUT2D eigenvalue weighted by atomic mass is 16.5. The maximum absolute atomic E-state index is 13.1. The fourth-order valence-corrected chi connectivity index (χ4v) is 3.11. The molecule has 0 amide bonds. The molecule has 10 heteroatoms. The molecular formula is C23H32N5O5+. The monoisotopic (exact) mass is 458 g/mol. The van der Waals surface area contributed by atoms with Gasteiger partial charge in [0.05, 0.1) is 26.9 Å². The van der Waals surface area contributed by atoms with Crippen molar-refractivity contribution >= 4 is 17.4 Å². The van der Waals surface area contributed by atoms with Crippen molar-refractivity contribution in [2.45, 2.75) is 32.7 Å². The zero-order valence-corrected chi connectivity index (χ0v) is 19.8. The SMILES string of the molecule is COCCOCCOc1ccc2n[n+](CC(=O)c3cc(OC)cc(C(C)(C)C)c3)c(N)n2n1. The molecule has 2 N–H and O–H groups in total. The van der Waals surface area contributed by atoms with Crippen LogP contribution in [0, 0.1) is 0 Å². The molecular weight excluding hydrogens is 426 g/mol. The van der Waals surface area contributed by atoms with E-state index in [0.29, 0.717) is 49.3 Å². The summed E-state index contributed by atoms with van der Waals surface area (Å²) in [5.74, 6) is 1.10. The van der Waals surface area contributed by atoms with Gasteiger partial charge in [-0.2, -0.15) is 0 Å². The number of fused-ring (bicyclic) bond motifs is 1. The quantitative estimate of drug-likeness (QED) is 0.263. The van der Waals surface area contributed by atoms with Crippen LogP contribution in [0.5, 0.6) is 11.6 Å². The van der Waals surface area contributed by atoms with Gasteiger partial charge >= 0.3 is 5.95 Å². The molecule has 0 fully saturated rings. The zero-order valence-electron chi connectivity index (χ0n) is 19.8. The van der Waals surface area contributed by atoms with Crippen LogP contribution >= 0.6 is 0 Å². The minimum absolute atomic E-state index is 0.0323. The minimum Gasteiger partial charge on any atom is -0.497 e. The van der Waals surface area contributed by atoms with Gasteiger partial charge < -0.3 is 18.9 Å². The van der Waals surface area contributed by atoms with Gasteiger partial charge in [-0.3, -0.25) is 10.5 Å². The highest BCUT2D eigenvalue weighted by Gasteiger charge is 2.23. The molecule has 0 saturated carbocycles. The highest BCUT2D eigenvalue weighted by molar-refractivity contribution is 5.95. The fourth-order valence-electron chi connectivity index (χ4n) is 3.11. The minimum atomic E-state index is -0.135. The Morgan fingerprint density at radius 3 is 2.55 bits per heavy atom. The predicted octanol–water partition coefficient (Wildman–Crippen LogP) is 1.83. The number of Topliss-reactive ketones (excluding diaryl/α,β-unsaturated/α-hetero) is 1. The number of methoxy groups -OCH3 is 2. The molecule has 0 unspecified atom stereocenters. The second kappa shape index (κ2) is 10.6. The van der Waals surface area contributed by atoms with E-state index in [0.717, 1.165) is 5.56 Å². The van der Waals surface area contributed by atoms with Crippen molar-refractivity contribution < 1.29 is 28.4 Å². The van der Waals surface area contributed by atoms with E-state index < -0.39 is 0 Å². The van der Waals surface area contributed by atoms with Gasteiger partial charge in [0.2, 0.25) is 5.88 Å². The van der Waals surface area contributed by atoms with E-state index in [1.807, 2.05) is 12.1 Å². The number of rotatable bonds is 11. The highest BCUT2D eigenvalue weighted by Crippen LogP contribution is 2.28. The van der Waals surface area contributed by atoms with E-state index in [-0.39, 0.29) is 23.7 Å². The Labute approximate surface area is 193 Å². The van der Waals surface area contributed by atoms with Crippen molar-refractivity contribution in [3.63, 3.8) is 0 Å². The number of carbonyl (C=O) groups excluding carboxylic acids is 1. The van der Waals surface area contributed by atoms with E-state index in [1.54, 1.807) is 32.4 Å². The number of ketones is 1. The summed E-state index contributed by atoms with van der Waals surface area (Å²) in [4.78, 5) is 13.1. The molecule has 178 valence electrons. The number of hydrogen-bond donors (Lipinski definition) is 1. The van der Waals surface area contributed by atoms with Gasteiger partial charge in [-0.15, -0.1) is 4.68 Å². The van der Waals surface area contributed by atoms with Crippen LogP contribution in [0.3, 0.4) is 0 Å². The van der Waals surface area contributed by atoms with Crippen LogP contribution in [0.25, 0.3) is 5.65 Å². The summed E-state index contributed by atoms with van der Waals surface area (Å²) < 4.78 is 24.2. The average Bonchev–Trinajstić information content (AvgIpc) is 3.09. The zero-order chi connectivity index (χ0) is 24.0. The summed E-state index contributed by atoms with van der Waals surface area (Å²) in [5, 5.41) is 8.77. The number of anilines is 1. The first-order valence-electron chi connectivity index (χ1n) is 10.7. The number of nitrogen functional groups attached to an aromatic ring is 1. The van der Waals surface area contributed by atoms with E-state index in [4.69, 9.17) is 24.7 Å². The smallest absolute Gasteiger partial charge is 0.401 e. The number of nitrogens with zero attached hydrogens (tertiary/aromatic N) is 4. The first-order valence-corrected chi connectivity index (χ1v) is 10.7.